The summed E-state index contributed by atoms with van der Waals surface area (Å²) in [7, 11) is 1.60. The van der Waals surface area contributed by atoms with Crippen LogP contribution in [0.4, 0.5) is 0 Å². The molecule has 20 heavy (non-hydrogen) atoms. The summed E-state index contributed by atoms with van der Waals surface area (Å²) in [6, 6.07) is 0. The summed E-state index contributed by atoms with van der Waals surface area (Å²) in [5.41, 5.74) is 1.42. The molecule has 102 valence electrons. The van der Waals surface area contributed by atoms with Gasteiger partial charge < -0.3 is 9.15 Å². The predicted octanol–water partition coefficient (Wildman–Crippen LogP) is 2.46. The lowest BCUT2D eigenvalue weighted by Gasteiger charge is -1.95. The van der Waals surface area contributed by atoms with Gasteiger partial charge in [0.15, 0.2) is 0 Å². The molecule has 0 aromatic carbocycles. The molecule has 0 aliphatic carbocycles. The average molecular weight is 307 g/mol. The Hall–Kier alpha value is -1.97. The van der Waals surface area contributed by atoms with Gasteiger partial charge in [0, 0.05) is 19.5 Å². The molecule has 0 saturated carbocycles. The van der Waals surface area contributed by atoms with E-state index in [0.29, 0.717) is 18.2 Å². The van der Waals surface area contributed by atoms with Gasteiger partial charge in [0.05, 0.1) is 18.5 Å². The van der Waals surface area contributed by atoms with Crippen LogP contribution in [0.2, 0.25) is 0 Å². The summed E-state index contributed by atoms with van der Waals surface area (Å²) in [6.45, 7) is 0.348. The van der Waals surface area contributed by atoms with Crippen LogP contribution < -0.4 is 0 Å². The van der Waals surface area contributed by atoms with Crippen LogP contribution in [-0.2, 0) is 11.3 Å². The number of ether oxygens (including phenoxy) is 1. The second kappa shape index (κ2) is 5.57. The molecule has 0 aliphatic heterocycles. The number of H-pyrrole nitrogens is 1. The molecule has 7 nitrogen and oxygen atoms in total. The molecule has 3 rings (SSSR count). The zero-order valence-corrected chi connectivity index (χ0v) is 12.0. The van der Waals surface area contributed by atoms with E-state index in [9.17, 15) is 0 Å². The number of hydrogen-bond donors (Lipinski definition) is 1. The number of rotatable bonds is 4. The maximum atomic E-state index is 5.33. The summed E-state index contributed by atoms with van der Waals surface area (Å²) in [5, 5.41) is 7.34. The quantitative estimate of drug-likeness (QED) is 0.740. The van der Waals surface area contributed by atoms with Crippen molar-refractivity contribution in [2.75, 3.05) is 7.11 Å². The molecule has 0 spiro atoms. The largest absolute Gasteiger partial charge is 0.408 e. The van der Waals surface area contributed by atoms with E-state index in [1.54, 1.807) is 25.7 Å². The molecule has 9 heteroatoms. The maximum absolute atomic E-state index is 5.33. The fraction of sp³-hybridized carbons (Fsp3) is 0.182. The van der Waals surface area contributed by atoms with E-state index in [1.165, 1.54) is 11.3 Å². The van der Waals surface area contributed by atoms with E-state index < -0.39 is 0 Å². The molecule has 0 amide bonds. The molecule has 3 aromatic heterocycles. The van der Waals surface area contributed by atoms with E-state index in [4.69, 9.17) is 21.4 Å². The Morgan fingerprint density at radius 1 is 1.45 bits per heavy atom. The number of nitrogens with zero attached hydrogens (tertiary/aromatic N) is 4. The van der Waals surface area contributed by atoms with Crippen LogP contribution in [0.1, 0.15) is 5.69 Å². The van der Waals surface area contributed by atoms with Crippen molar-refractivity contribution in [3.05, 3.63) is 29.1 Å². The Labute approximate surface area is 122 Å². The average Bonchev–Trinajstić information content (AvgIpc) is 3.07. The first kappa shape index (κ1) is 13.0. The Morgan fingerprint density at radius 3 is 3.00 bits per heavy atom. The first-order valence-electron chi connectivity index (χ1n) is 5.59. The van der Waals surface area contributed by atoms with Gasteiger partial charge in [-0.15, -0.1) is 16.4 Å². The van der Waals surface area contributed by atoms with Gasteiger partial charge in [-0.3, -0.25) is 9.97 Å². The fourth-order valence-electron chi connectivity index (χ4n) is 1.60. The number of thiazole rings is 1. The monoisotopic (exact) mass is 307 g/mol. The Bertz CT molecular complexity index is 764. The smallest absolute Gasteiger partial charge is 0.284 e. The lowest BCUT2D eigenvalue weighted by atomic mass is 10.3. The minimum atomic E-state index is 0.220. The fourth-order valence-corrected chi connectivity index (χ4v) is 2.68. The highest BCUT2D eigenvalue weighted by Crippen LogP contribution is 2.33. The third-order valence-electron chi connectivity index (χ3n) is 2.39. The van der Waals surface area contributed by atoms with Gasteiger partial charge in [-0.05, 0) is 12.2 Å². The third-order valence-corrected chi connectivity index (χ3v) is 3.68. The van der Waals surface area contributed by atoms with E-state index in [0.717, 1.165) is 15.6 Å². The molecule has 0 unspecified atom stereocenters. The molecule has 0 aliphatic rings. The van der Waals surface area contributed by atoms with Crippen LogP contribution in [0.3, 0.4) is 0 Å². The molecular weight excluding hydrogens is 298 g/mol. The molecule has 0 radical (unpaired) electrons. The predicted molar refractivity (Wildman–Crippen MR) is 74.5 cm³/mol. The number of methoxy groups -OCH3 is 1. The van der Waals surface area contributed by atoms with E-state index >= 15 is 0 Å². The Kier molecular flexibility index (Phi) is 3.63. The van der Waals surface area contributed by atoms with Crippen molar-refractivity contribution < 1.29 is 9.15 Å². The van der Waals surface area contributed by atoms with E-state index in [-0.39, 0.29) is 4.84 Å². The molecule has 0 fully saturated rings. The van der Waals surface area contributed by atoms with Crippen LogP contribution in [-0.4, -0.2) is 32.3 Å². The molecule has 3 heterocycles. The normalized spacial score (nSPS) is 10.8. The van der Waals surface area contributed by atoms with Crippen molar-refractivity contribution in [3.8, 4) is 21.5 Å². The van der Waals surface area contributed by atoms with Crippen molar-refractivity contribution in [3.63, 3.8) is 0 Å². The van der Waals surface area contributed by atoms with Crippen molar-refractivity contribution in [1.82, 2.24) is 25.1 Å². The van der Waals surface area contributed by atoms with Gasteiger partial charge >= 0.3 is 0 Å². The van der Waals surface area contributed by atoms with Crippen LogP contribution in [0.15, 0.2) is 23.0 Å². The molecule has 0 saturated heterocycles. The molecular formula is C11H9N5O2S2. The molecule has 1 N–H and O–H groups in total. The summed E-state index contributed by atoms with van der Waals surface area (Å²) >= 11 is 6.29. The minimum absolute atomic E-state index is 0.220. The SMILES string of the molecule is COCc1nc(-c2cnccn2)sc1-c1n[nH]c(=S)o1. The highest BCUT2D eigenvalue weighted by Gasteiger charge is 2.18. The topological polar surface area (TPSA) is 89.7 Å². The minimum Gasteiger partial charge on any atom is -0.408 e. The molecule has 0 atom stereocenters. The number of aromatic amines is 1. The third kappa shape index (κ3) is 2.50. The lowest BCUT2D eigenvalue weighted by molar-refractivity contribution is 0.182. The first-order chi connectivity index (χ1) is 9.78. The van der Waals surface area contributed by atoms with Gasteiger partial charge in [-0.2, -0.15) is 0 Å². The second-order valence-electron chi connectivity index (χ2n) is 3.74. The number of nitrogens with one attached hydrogen (secondary N) is 1. The van der Waals surface area contributed by atoms with Gasteiger partial charge in [-0.25, -0.2) is 10.1 Å². The Balaban J connectivity index is 2.09. The molecule has 0 bridgehead atoms. The zero-order chi connectivity index (χ0) is 13.9. The Morgan fingerprint density at radius 2 is 2.35 bits per heavy atom. The van der Waals surface area contributed by atoms with Crippen molar-refractivity contribution in [2.45, 2.75) is 6.61 Å². The van der Waals surface area contributed by atoms with Gasteiger partial charge in [0.25, 0.3) is 10.7 Å². The van der Waals surface area contributed by atoms with Crippen molar-refractivity contribution in [1.29, 1.82) is 0 Å². The maximum Gasteiger partial charge on any atom is 0.284 e. The number of hydrogen-bond acceptors (Lipinski definition) is 8. The van der Waals surface area contributed by atoms with Crippen LogP contribution in [0, 0.1) is 4.84 Å². The van der Waals surface area contributed by atoms with Crippen LogP contribution in [0.5, 0.6) is 0 Å². The van der Waals surface area contributed by atoms with Crippen molar-refractivity contribution in [2.24, 2.45) is 0 Å². The second-order valence-corrected chi connectivity index (χ2v) is 5.11. The standard InChI is InChI=1S/C11H9N5O2S2/c1-17-5-7-8(9-15-16-11(19)18-9)20-10(14-7)6-4-12-2-3-13-6/h2-4H,5H2,1H3,(H,16,19). The first-order valence-corrected chi connectivity index (χ1v) is 6.81. The summed E-state index contributed by atoms with van der Waals surface area (Å²) in [4.78, 5) is 13.7. The highest BCUT2D eigenvalue weighted by molar-refractivity contribution is 7.71. The van der Waals surface area contributed by atoms with Crippen molar-refractivity contribution >= 4 is 23.6 Å². The zero-order valence-electron chi connectivity index (χ0n) is 10.4. The van der Waals surface area contributed by atoms with E-state index in [2.05, 4.69) is 25.1 Å². The summed E-state index contributed by atoms with van der Waals surface area (Å²) < 4.78 is 10.5. The lowest BCUT2D eigenvalue weighted by Crippen LogP contribution is -1.91. The number of aromatic nitrogens is 5. The van der Waals surface area contributed by atoms with Gasteiger partial charge in [-0.1, -0.05) is 0 Å². The molecule has 3 aromatic rings. The van der Waals surface area contributed by atoms with E-state index in [1.807, 2.05) is 0 Å². The van der Waals surface area contributed by atoms with Crippen LogP contribution >= 0.6 is 23.6 Å². The summed E-state index contributed by atoms with van der Waals surface area (Å²) in [5.74, 6) is 0.398. The van der Waals surface area contributed by atoms with Crippen LogP contribution in [0.25, 0.3) is 21.5 Å². The highest BCUT2D eigenvalue weighted by atomic mass is 32.1. The van der Waals surface area contributed by atoms with Gasteiger partial charge in [0.2, 0.25) is 0 Å². The van der Waals surface area contributed by atoms with Gasteiger partial charge in [0.1, 0.15) is 15.6 Å². The summed E-state index contributed by atoms with van der Waals surface area (Å²) in [6.07, 6.45) is 4.88.